The van der Waals surface area contributed by atoms with Gasteiger partial charge in [-0.1, -0.05) is 6.07 Å². The van der Waals surface area contributed by atoms with Crippen LogP contribution in [0.25, 0.3) is 0 Å². The number of nitriles is 1. The maximum atomic E-state index is 12.8. The Bertz CT molecular complexity index is 903. The Labute approximate surface area is 140 Å². The van der Waals surface area contributed by atoms with E-state index < -0.39 is 9.84 Å². The van der Waals surface area contributed by atoms with Crippen molar-refractivity contribution in [2.75, 3.05) is 20.2 Å². The molecule has 7 heteroatoms. The van der Waals surface area contributed by atoms with Gasteiger partial charge in [0.15, 0.2) is 11.5 Å². The van der Waals surface area contributed by atoms with Crippen LogP contribution in [-0.4, -0.2) is 34.7 Å². The molecule has 6 nitrogen and oxygen atoms in total. The highest BCUT2D eigenvalue weighted by atomic mass is 32.2. The van der Waals surface area contributed by atoms with E-state index >= 15 is 0 Å². The minimum absolute atomic E-state index is 0.0741. The monoisotopic (exact) mass is 344 g/mol. The van der Waals surface area contributed by atoms with E-state index in [1.165, 1.54) is 24.3 Å². The number of hydrogen-bond donors (Lipinski definition) is 1. The van der Waals surface area contributed by atoms with Gasteiger partial charge in [0, 0.05) is 12.6 Å². The Kier molecular flexibility index (Phi) is 4.42. The van der Waals surface area contributed by atoms with Crippen molar-refractivity contribution in [2.45, 2.75) is 15.9 Å². The van der Waals surface area contributed by atoms with Gasteiger partial charge in [-0.25, -0.2) is 8.42 Å². The van der Waals surface area contributed by atoms with Gasteiger partial charge >= 0.3 is 0 Å². The van der Waals surface area contributed by atoms with Crippen LogP contribution in [0.1, 0.15) is 5.56 Å². The Morgan fingerprint density at radius 1 is 1.21 bits per heavy atom. The molecular weight excluding hydrogens is 328 g/mol. The number of benzene rings is 2. The molecule has 3 rings (SSSR count). The van der Waals surface area contributed by atoms with Gasteiger partial charge in [-0.05, 0) is 37.4 Å². The minimum atomic E-state index is -3.74. The zero-order valence-corrected chi connectivity index (χ0v) is 13.8. The van der Waals surface area contributed by atoms with Crippen molar-refractivity contribution in [3.63, 3.8) is 0 Å². The molecule has 0 aromatic heterocycles. The van der Waals surface area contributed by atoms with E-state index in [9.17, 15) is 8.42 Å². The predicted molar refractivity (Wildman–Crippen MR) is 86.9 cm³/mol. The maximum absolute atomic E-state index is 12.8. The van der Waals surface area contributed by atoms with Gasteiger partial charge in [0.25, 0.3) is 0 Å². The average Bonchev–Trinajstić information content (AvgIpc) is 2.61. The molecule has 24 heavy (non-hydrogen) atoms. The fourth-order valence-electron chi connectivity index (χ4n) is 2.46. The number of hydrogen-bond acceptors (Lipinski definition) is 6. The lowest BCUT2D eigenvalue weighted by molar-refractivity contribution is 0.0915. The summed E-state index contributed by atoms with van der Waals surface area (Å²) in [4.78, 5) is 0.176. The van der Waals surface area contributed by atoms with Crippen molar-refractivity contribution < 1.29 is 17.9 Å². The summed E-state index contributed by atoms with van der Waals surface area (Å²) in [6.45, 7) is 1.00. The van der Waals surface area contributed by atoms with Crippen molar-refractivity contribution in [2.24, 2.45) is 0 Å². The second-order valence-electron chi connectivity index (χ2n) is 5.36. The zero-order valence-electron chi connectivity index (χ0n) is 13.0. The van der Waals surface area contributed by atoms with E-state index in [-0.39, 0.29) is 15.9 Å². The molecule has 1 atom stereocenters. The van der Waals surface area contributed by atoms with Gasteiger partial charge in [0.05, 0.1) is 21.4 Å². The van der Waals surface area contributed by atoms with E-state index in [0.29, 0.717) is 30.2 Å². The third-order valence-corrected chi connectivity index (χ3v) is 5.40. The smallest absolute Gasteiger partial charge is 0.206 e. The lowest BCUT2D eigenvalue weighted by atomic mass is 10.2. The topological polar surface area (TPSA) is 88.4 Å². The fourth-order valence-corrected chi connectivity index (χ4v) is 3.78. The second-order valence-corrected chi connectivity index (χ2v) is 7.31. The van der Waals surface area contributed by atoms with E-state index in [2.05, 4.69) is 5.32 Å². The molecule has 0 bridgehead atoms. The van der Waals surface area contributed by atoms with Crippen LogP contribution in [0.4, 0.5) is 0 Å². The van der Waals surface area contributed by atoms with E-state index in [4.69, 9.17) is 14.7 Å². The fraction of sp³-hybridized carbons (Fsp3) is 0.235. The van der Waals surface area contributed by atoms with Gasteiger partial charge < -0.3 is 14.8 Å². The number of fused-ring (bicyclic) bond motifs is 1. The maximum Gasteiger partial charge on any atom is 0.206 e. The van der Waals surface area contributed by atoms with Crippen LogP contribution in [0.3, 0.4) is 0 Å². The number of sulfone groups is 1. The van der Waals surface area contributed by atoms with Crippen LogP contribution in [0.5, 0.6) is 11.5 Å². The molecule has 2 aromatic rings. The van der Waals surface area contributed by atoms with Crippen molar-refractivity contribution in [1.82, 2.24) is 5.32 Å². The Morgan fingerprint density at radius 3 is 2.75 bits per heavy atom. The van der Waals surface area contributed by atoms with Crippen LogP contribution < -0.4 is 14.8 Å². The highest BCUT2D eigenvalue weighted by Crippen LogP contribution is 2.35. The molecule has 1 N–H and O–H groups in total. The first kappa shape index (κ1) is 16.3. The highest BCUT2D eigenvalue weighted by molar-refractivity contribution is 7.91. The van der Waals surface area contributed by atoms with Crippen molar-refractivity contribution in [3.05, 3.63) is 48.0 Å². The Morgan fingerprint density at radius 2 is 2.00 bits per heavy atom. The first-order valence-corrected chi connectivity index (χ1v) is 8.86. The quantitative estimate of drug-likeness (QED) is 0.909. The van der Waals surface area contributed by atoms with Gasteiger partial charge in [-0.3, -0.25) is 0 Å². The summed E-state index contributed by atoms with van der Waals surface area (Å²) in [5.41, 5.74) is 0.294. The molecule has 1 aliphatic heterocycles. The van der Waals surface area contributed by atoms with Crippen LogP contribution in [0, 0.1) is 11.3 Å². The average molecular weight is 344 g/mol. The molecule has 2 aromatic carbocycles. The Hall–Kier alpha value is -2.56. The highest BCUT2D eigenvalue weighted by Gasteiger charge is 2.25. The summed E-state index contributed by atoms with van der Waals surface area (Å²) >= 11 is 0. The number of ether oxygens (including phenoxy) is 2. The molecule has 0 fully saturated rings. The molecule has 0 saturated carbocycles. The van der Waals surface area contributed by atoms with E-state index in [1.54, 1.807) is 18.2 Å². The second kappa shape index (κ2) is 6.51. The minimum Gasteiger partial charge on any atom is -0.486 e. The van der Waals surface area contributed by atoms with Gasteiger partial charge in [-0.15, -0.1) is 0 Å². The number of rotatable bonds is 4. The first-order chi connectivity index (χ1) is 11.5. The lowest BCUT2D eigenvalue weighted by Gasteiger charge is -2.26. The SMILES string of the molecule is CNC[C@H]1COc2ccc(S(=O)(=O)c3cccc(C#N)c3)cc2O1. The van der Waals surface area contributed by atoms with Gasteiger partial charge in [-0.2, -0.15) is 5.26 Å². The van der Waals surface area contributed by atoms with E-state index in [0.717, 1.165) is 0 Å². The number of likely N-dealkylation sites (N-methyl/N-ethyl adjacent to an activating group) is 1. The van der Waals surface area contributed by atoms with Crippen molar-refractivity contribution >= 4 is 9.84 Å². The van der Waals surface area contributed by atoms with E-state index in [1.807, 2.05) is 13.1 Å². The number of nitrogens with zero attached hydrogens (tertiary/aromatic N) is 1. The summed E-state index contributed by atoms with van der Waals surface area (Å²) in [6, 6.07) is 12.4. The summed E-state index contributed by atoms with van der Waals surface area (Å²) in [5, 5.41) is 11.9. The standard InChI is InChI=1S/C17H16N2O4S/c1-19-10-13-11-22-16-6-5-15(8-17(16)23-13)24(20,21)14-4-2-3-12(7-14)9-18/h2-8,13,19H,10-11H2,1H3/t13-/m0/s1. The molecule has 0 unspecified atom stereocenters. The summed E-state index contributed by atoms with van der Waals surface area (Å²) in [6.07, 6.45) is -0.178. The lowest BCUT2D eigenvalue weighted by Crippen LogP contribution is -2.37. The molecule has 1 aliphatic rings. The summed E-state index contributed by atoms with van der Waals surface area (Å²) < 4.78 is 36.9. The van der Waals surface area contributed by atoms with Crippen LogP contribution >= 0.6 is 0 Å². The van der Waals surface area contributed by atoms with Gasteiger partial charge in [0.1, 0.15) is 12.7 Å². The third kappa shape index (κ3) is 3.07. The number of nitrogens with one attached hydrogen (secondary N) is 1. The Balaban J connectivity index is 1.98. The zero-order chi connectivity index (χ0) is 17.2. The molecule has 124 valence electrons. The largest absolute Gasteiger partial charge is 0.486 e. The molecule has 1 heterocycles. The van der Waals surface area contributed by atoms with Gasteiger partial charge in [0.2, 0.25) is 9.84 Å². The van der Waals surface area contributed by atoms with Crippen LogP contribution in [-0.2, 0) is 9.84 Å². The van der Waals surface area contributed by atoms with Crippen LogP contribution in [0.2, 0.25) is 0 Å². The molecule has 0 amide bonds. The molecular formula is C17H16N2O4S. The first-order valence-electron chi connectivity index (χ1n) is 7.38. The predicted octanol–water partition coefficient (Wildman–Crippen LogP) is 1.75. The molecule has 0 spiro atoms. The molecule has 0 aliphatic carbocycles. The molecule has 0 radical (unpaired) electrons. The summed E-state index contributed by atoms with van der Waals surface area (Å²) in [5.74, 6) is 0.922. The third-order valence-electron chi connectivity index (χ3n) is 3.65. The summed E-state index contributed by atoms with van der Waals surface area (Å²) in [7, 11) is -1.93. The van der Waals surface area contributed by atoms with Crippen molar-refractivity contribution in [1.29, 1.82) is 5.26 Å². The molecule has 0 saturated heterocycles. The van der Waals surface area contributed by atoms with Crippen LogP contribution in [0.15, 0.2) is 52.3 Å². The normalized spacial score (nSPS) is 16.4. The van der Waals surface area contributed by atoms with Crippen molar-refractivity contribution in [3.8, 4) is 17.6 Å².